The Kier molecular flexibility index (Phi) is 4.60. The van der Waals surface area contributed by atoms with Crippen LogP contribution in [-0.4, -0.2) is 20.5 Å². The van der Waals surface area contributed by atoms with Gasteiger partial charge in [0.1, 0.15) is 0 Å². The third-order valence-corrected chi connectivity index (χ3v) is 4.73. The van der Waals surface area contributed by atoms with Crippen LogP contribution in [0.3, 0.4) is 0 Å². The lowest BCUT2D eigenvalue weighted by Crippen LogP contribution is -2.06. The fourth-order valence-electron chi connectivity index (χ4n) is 1.93. The molecular formula is C14H11F2NO5S. The maximum absolute atomic E-state index is 13.6. The van der Waals surface area contributed by atoms with E-state index in [0.29, 0.717) is 12.1 Å². The fourth-order valence-corrected chi connectivity index (χ4v) is 3.28. The second kappa shape index (κ2) is 6.29. The highest BCUT2D eigenvalue weighted by atomic mass is 32.2. The minimum atomic E-state index is -4.00. The number of methoxy groups -OCH3 is 1. The number of ether oxygens (including phenoxy) is 1. The van der Waals surface area contributed by atoms with Crippen molar-refractivity contribution in [3.05, 3.63) is 63.7 Å². The molecule has 2 rings (SSSR count). The van der Waals surface area contributed by atoms with Crippen LogP contribution < -0.4 is 4.74 Å². The molecule has 0 N–H and O–H groups in total. The van der Waals surface area contributed by atoms with Crippen molar-refractivity contribution >= 4 is 15.5 Å². The number of nitro groups is 1. The van der Waals surface area contributed by atoms with Crippen molar-refractivity contribution in [1.82, 2.24) is 0 Å². The van der Waals surface area contributed by atoms with Gasteiger partial charge in [0.2, 0.25) is 5.82 Å². The Labute approximate surface area is 130 Å². The average molecular weight is 343 g/mol. The first-order valence-electron chi connectivity index (χ1n) is 6.23. The third kappa shape index (κ3) is 3.62. The molecule has 0 heterocycles. The topological polar surface area (TPSA) is 86.5 Å². The summed E-state index contributed by atoms with van der Waals surface area (Å²) in [6.07, 6.45) is 0. The zero-order valence-electron chi connectivity index (χ0n) is 11.8. The molecule has 0 aliphatic rings. The monoisotopic (exact) mass is 343 g/mol. The minimum absolute atomic E-state index is 0.0384. The number of nitrogens with zero attached hydrogens (tertiary/aromatic N) is 1. The van der Waals surface area contributed by atoms with E-state index in [9.17, 15) is 27.3 Å². The van der Waals surface area contributed by atoms with Crippen molar-refractivity contribution in [2.45, 2.75) is 10.6 Å². The first-order chi connectivity index (χ1) is 10.7. The van der Waals surface area contributed by atoms with Crippen molar-refractivity contribution in [2.24, 2.45) is 0 Å². The van der Waals surface area contributed by atoms with E-state index in [1.54, 1.807) is 0 Å². The summed E-state index contributed by atoms with van der Waals surface area (Å²) in [4.78, 5) is 9.25. The van der Waals surface area contributed by atoms with Crippen LogP contribution in [-0.2, 0) is 15.6 Å². The van der Waals surface area contributed by atoms with Crippen LogP contribution in [0.2, 0.25) is 0 Å². The maximum Gasteiger partial charge on any atom is 0.306 e. The lowest BCUT2D eigenvalue weighted by atomic mass is 10.2. The molecule has 122 valence electrons. The van der Waals surface area contributed by atoms with Gasteiger partial charge in [0, 0.05) is 6.07 Å². The van der Waals surface area contributed by atoms with Crippen molar-refractivity contribution < 1.29 is 26.9 Å². The molecule has 23 heavy (non-hydrogen) atoms. The zero-order valence-corrected chi connectivity index (χ0v) is 12.6. The molecule has 0 fully saturated rings. The summed E-state index contributed by atoms with van der Waals surface area (Å²) in [6, 6.07) is 5.90. The molecule has 0 bridgehead atoms. The average Bonchev–Trinajstić information content (AvgIpc) is 2.47. The van der Waals surface area contributed by atoms with Gasteiger partial charge in [0.15, 0.2) is 21.4 Å². The van der Waals surface area contributed by atoms with Crippen LogP contribution in [0.25, 0.3) is 0 Å². The standard InChI is InChI=1S/C14H11F2NO5S/c1-22-14-5-2-9(6-12(14)16)8-23(20,21)10-3-4-11(15)13(7-10)17(18)19/h2-7H,8H2,1H3. The molecule has 0 aliphatic heterocycles. The van der Waals surface area contributed by atoms with Gasteiger partial charge in [-0.1, -0.05) is 6.07 Å². The molecule has 0 spiro atoms. The smallest absolute Gasteiger partial charge is 0.306 e. The van der Waals surface area contributed by atoms with Gasteiger partial charge in [0.25, 0.3) is 0 Å². The van der Waals surface area contributed by atoms with Crippen LogP contribution in [0.15, 0.2) is 41.3 Å². The summed E-state index contributed by atoms with van der Waals surface area (Å²) in [5, 5.41) is 10.7. The van der Waals surface area contributed by atoms with E-state index in [2.05, 4.69) is 0 Å². The molecule has 0 amide bonds. The van der Waals surface area contributed by atoms with Gasteiger partial charge in [-0.15, -0.1) is 0 Å². The summed E-state index contributed by atoms with van der Waals surface area (Å²) < 4.78 is 56.1. The molecule has 0 saturated heterocycles. The van der Waals surface area contributed by atoms with Crippen LogP contribution in [0.4, 0.5) is 14.5 Å². The number of sulfone groups is 1. The Morgan fingerprint density at radius 3 is 2.39 bits per heavy atom. The Bertz CT molecular complexity index is 867. The number of halogens is 2. The van der Waals surface area contributed by atoms with E-state index in [0.717, 1.165) is 12.1 Å². The van der Waals surface area contributed by atoms with E-state index in [-0.39, 0.29) is 11.3 Å². The largest absolute Gasteiger partial charge is 0.494 e. The number of nitro benzene ring substituents is 1. The first kappa shape index (κ1) is 16.8. The SMILES string of the molecule is COc1ccc(CS(=O)(=O)c2ccc(F)c([N+](=O)[O-])c2)cc1F. The Hall–Kier alpha value is -2.55. The molecule has 0 unspecified atom stereocenters. The summed E-state index contributed by atoms with van der Waals surface area (Å²) in [7, 11) is -2.73. The highest BCUT2D eigenvalue weighted by molar-refractivity contribution is 7.90. The highest BCUT2D eigenvalue weighted by Crippen LogP contribution is 2.25. The molecule has 2 aromatic rings. The van der Waals surface area contributed by atoms with E-state index in [1.165, 1.54) is 19.2 Å². The molecule has 6 nitrogen and oxygen atoms in total. The molecule has 0 saturated carbocycles. The Morgan fingerprint density at radius 2 is 1.83 bits per heavy atom. The second-order valence-corrected chi connectivity index (χ2v) is 6.59. The van der Waals surface area contributed by atoms with Crippen molar-refractivity contribution in [3.63, 3.8) is 0 Å². The first-order valence-corrected chi connectivity index (χ1v) is 7.89. The number of hydrogen-bond donors (Lipinski definition) is 0. The molecular weight excluding hydrogens is 332 g/mol. The van der Waals surface area contributed by atoms with Gasteiger partial charge in [-0.05, 0) is 29.8 Å². The highest BCUT2D eigenvalue weighted by Gasteiger charge is 2.22. The maximum atomic E-state index is 13.6. The second-order valence-electron chi connectivity index (χ2n) is 4.60. The van der Waals surface area contributed by atoms with Gasteiger partial charge in [-0.2, -0.15) is 4.39 Å². The molecule has 2 aromatic carbocycles. The Morgan fingerprint density at radius 1 is 1.13 bits per heavy atom. The molecule has 0 radical (unpaired) electrons. The van der Waals surface area contributed by atoms with E-state index in [4.69, 9.17) is 4.74 Å². The molecule has 9 heteroatoms. The number of hydrogen-bond acceptors (Lipinski definition) is 5. The predicted octanol–water partition coefficient (Wildman–Crippen LogP) is 2.86. The van der Waals surface area contributed by atoms with Gasteiger partial charge in [0.05, 0.1) is 22.7 Å². The zero-order chi connectivity index (χ0) is 17.2. The number of benzene rings is 2. The minimum Gasteiger partial charge on any atom is -0.494 e. The van der Waals surface area contributed by atoms with E-state index >= 15 is 0 Å². The van der Waals surface area contributed by atoms with Crippen molar-refractivity contribution in [3.8, 4) is 5.75 Å². The third-order valence-electron chi connectivity index (χ3n) is 3.05. The van der Waals surface area contributed by atoms with Crippen molar-refractivity contribution in [1.29, 1.82) is 0 Å². The predicted molar refractivity (Wildman–Crippen MR) is 76.9 cm³/mol. The normalized spacial score (nSPS) is 11.3. The van der Waals surface area contributed by atoms with E-state index < -0.39 is 42.7 Å². The van der Waals surface area contributed by atoms with Gasteiger partial charge in [-0.3, -0.25) is 10.1 Å². The summed E-state index contributed by atoms with van der Waals surface area (Å²) in [5.74, 6) is -2.49. The fraction of sp³-hybridized carbons (Fsp3) is 0.143. The van der Waals surface area contributed by atoms with Crippen LogP contribution >= 0.6 is 0 Å². The lowest BCUT2D eigenvalue weighted by Gasteiger charge is -2.07. The van der Waals surface area contributed by atoms with Crippen molar-refractivity contribution in [2.75, 3.05) is 7.11 Å². The van der Waals surface area contributed by atoms with Gasteiger partial charge >= 0.3 is 5.69 Å². The quantitative estimate of drug-likeness (QED) is 0.473. The Balaban J connectivity index is 2.37. The molecule has 0 aliphatic carbocycles. The van der Waals surface area contributed by atoms with Crippen LogP contribution in [0.5, 0.6) is 5.75 Å². The molecule has 0 atom stereocenters. The summed E-state index contributed by atoms with van der Waals surface area (Å²) in [6.45, 7) is 0. The lowest BCUT2D eigenvalue weighted by molar-refractivity contribution is -0.387. The number of rotatable bonds is 5. The van der Waals surface area contributed by atoms with Gasteiger partial charge < -0.3 is 4.74 Å². The van der Waals surface area contributed by atoms with Crippen LogP contribution in [0, 0.1) is 21.7 Å². The van der Waals surface area contributed by atoms with E-state index in [1.807, 2.05) is 0 Å². The summed E-state index contributed by atoms with van der Waals surface area (Å²) in [5.41, 5.74) is -0.803. The van der Waals surface area contributed by atoms with Gasteiger partial charge in [-0.25, -0.2) is 12.8 Å². The summed E-state index contributed by atoms with van der Waals surface area (Å²) >= 11 is 0. The molecule has 0 aromatic heterocycles. The van der Waals surface area contributed by atoms with Crippen LogP contribution in [0.1, 0.15) is 5.56 Å².